The minimum atomic E-state index is -0.341. The smallest absolute Gasteiger partial charge is 0.196 e. The average Bonchev–Trinajstić information content (AvgIpc) is 3.38. The molecule has 0 radical (unpaired) electrons. The van der Waals surface area contributed by atoms with Crippen LogP contribution in [0.25, 0.3) is 16.6 Å². The van der Waals surface area contributed by atoms with Crippen molar-refractivity contribution in [2.45, 2.75) is 43.6 Å². The minimum Gasteiger partial charge on any atom is -0.497 e. The lowest BCUT2D eigenvalue weighted by molar-refractivity contribution is 0.0995. The molecular formula is C26H31N5O2S. The van der Waals surface area contributed by atoms with E-state index >= 15 is 0 Å². The Hall–Kier alpha value is -3.10. The normalized spacial score (nSPS) is 13.4. The lowest BCUT2D eigenvalue weighted by atomic mass is 10.1. The SMILES string of the molecule is CC[C@@H](c1nnc(S[C@H](C)C(=O)c2c(C)[nH]c3ccccc23)n1-c1ccc(OC)cc1)N(C)C. The number of ketones is 1. The van der Waals surface area contributed by atoms with Crippen LogP contribution >= 0.6 is 11.8 Å². The molecular weight excluding hydrogens is 446 g/mol. The molecule has 2 aromatic carbocycles. The van der Waals surface area contributed by atoms with Gasteiger partial charge in [-0.15, -0.1) is 10.2 Å². The van der Waals surface area contributed by atoms with Crippen LogP contribution in [0.5, 0.6) is 5.75 Å². The van der Waals surface area contributed by atoms with Crippen molar-refractivity contribution in [3.8, 4) is 11.4 Å². The van der Waals surface area contributed by atoms with E-state index in [1.807, 2.05) is 76.5 Å². The first-order chi connectivity index (χ1) is 16.3. The largest absolute Gasteiger partial charge is 0.497 e. The summed E-state index contributed by atoms with van der Waals surface area (Å²) >= 11 is 1.44. The van der Waals surface area contributed by atoms with Crippen molar-refractivity contribution < 1.29 is 9.53 Å². The standard InChI is InChI=1S/C26H31N5O2S/c1-7-22(30(4)5)25-28-29-26(31(25)18-12-14-19(33-6)15-13-18)34-17(3)24(32)23-16(2)27-21-11-9-8-10-20(21)23/h8-15,17,22,27H,7H2,1-6H3/t17-,22+/m1/s1. The summed E-state index contributed by atoms with van der Waals surface area (Å²) in [6.45, 7) is 6.02. The Kier molecular flexibility index (Phi) is 7.09. The highest BCUT2D eigenvalue weighted by Gasteiger charge is 2.27. The van der Waals surface area contributed by atoms with Gasteiger partial charge in [-0.25, -0.2) is 0 Å². The molecule has 0 aliphatic heterocycles. The number of Topliss-reactive ketones (excluding diaryl/α,β-unsaturated/α-hetero) is 1. The van der Waals surface area contributed by atoms with Gasteiger partial charge in [0.1, 0.15) is 5.75 Å². The number of thioether (sulfide) groups is 1. The third-order valence-electron chi connectivity index (χ3n) is 6.09. The van der Waals surface area contributed by atoms with Crippen LogP contribution in [-0.4, -0.2) is 56.9 Å². The van der Waals surface area contributed by atoms with Gasteiger partial charge in [0.05, 0.1) is 18.4 Å². The zero-order valence-electron chi connectivity index (χ0n) is 20.5. The molecule has 0 unspecified atom stereocenters. The monoisotopic (exact) mass is 477 g/mol. The van der Waals surface area contributed by atoms with Gasteiger partial charge in [-0.05, 0) is 64.7 Å². The van der Waals surface area contributed by atoms with Crippen LogP contribution in [0.1, 0.15) is 48.2 Å². The number of hydrogen-bond acceptors (Lipinski definition) is 6. The van der Waals surface area contributed by atoms with Crippen molar-refractivity contribution in [2.75, 3.05) is 21.2 Å². The van der Waals surface area contributed by atoms with Crippen LogP contribution in [0.2, 0.25) is 0 Å². The number of benzene rings is 2. The van der Waals surface area contributed by atoms with Crippen molar-refractivity contribution in [1.82, 2.24) is 24.6 Å². The Labute approximate surface area is 204 Å². The van der Waals surface area contributed by atoms with E-state index in [0.717, 1.165) is 45.8 Å². The van der Waals surface area contributed by atoms with Crippen LogP contribution in [0.3, 0.4) is 0 Å². The van der Waals surface area contributed by atoms with Crippen LogP contribution in [0.15, 0.2) is 53.7 Å². The van der Waals surface area contributed by atoms with Crippen molar-refractivity contribution >= 4 is 28.4 Å². The zero-order chi connectivity index (χ0) is 24.4. The van der Waals surface area contributed by atoms with Crippen molar-refractivity contribution in [3.63, 3.8) is 0 Å². The van der Waals surface area contributed by atoms with Crippen molar-refractivity contribution in [3.05, 3.63) is 65.6 Å². The molecule has 0 saturated heterocycles. The molecule has 4 rings (SSSR count). The molecule has 0 bridgehead atoms. The summed E-state index contributed by atoms with van der Waals surface area (Å²) in [5, 5.41) is 10.4. The van der Waals surface area contributed by atoms with Gasteiger partial charge < -0.3 is 9.72 Å². The quantitative estimate of drug-likeness (QED) is 0.255. The second kappa shape index (κ2) is 10.0. The molecule has 2 aromatic heterocycles. The van der Waals surface area contributed by atoms with Gasteiger partial charge in [-0.2, -0.15) is 0 Å². The first-order valence-corrected chi connectivity index (χ1v) is 12.3. The number of H-pyrrole nitrogens is 1. The summed E-state index contributed by atoms with van der Waals surface area (Å²) in [5.41, 5.74) is 3.54. The Morgan fingerprint density at radius 2 is 1.85 bits per heavy atom. The molecule has 0 saturated carbocycles. The van der Waals surface area contributed by atoms with E-state index in [-0.39, 0.29) is 17.1 Å². The Bertz CT molecular complexity index is 1290. The van der Waals surface area contributed by atoms with Gasteiger partial charge in [0.2, 0.25) is 0 Å². The molecule has 178 valence electrons. The molecule has 1 N–H and O–H groups in total. The van der Waals surface area contributed by atoms with Crippen molar-refractivity contribution in [2.24, 2.45) is 0 Å². The third kappa shape index (κ3) is 4.48. The number of fused-ring (bicyclic) bond motifs is 1. The Balaban J connectivity index is 1.72. The zero-order valence-corrected chi connectivity index (χ0v) is 21.3. The van der Waals surface area contributed by atoms with E-state index in [1.54, 1.807) is 7.11 Å². The molecule has 0 aliphatic carbocycles. The summed E-state index contributed by atoms with van der Waals surface area (Å²) < 4.78 is 7.40. The number of rotatable bonds is 9. The first-order valence-electron chi connectivity index (χ1n) is 11.4. The molecule has 0 spiro atoms. The number of aromatic amines is 1. The Morgan fingerprint density at radius 3 is 2.50 bits per heavy atom. The summed E-state index contributed by atoms with van der Waals surface area (Å²) in [5.74, 6) is 1.71. The maximum atomic E-state index is 13.6. The fourth-order valence-corrected chi connectivity index (χ4v) is 5.27. The lowest BCUT2D eigenvalue weighted by Gasteiger charge is -2.23. The van der Waals surface area contributed by atoms with E-state index in [1.165, 1.54) is 11.8 Å². The lowest BCUT2D eigenvalue weighted by Crippen LogP contribution is -2.23. The topological polar surface area (TPSA) is 76.0 Å². The van der Waals surface area contributed by atoms with Crippen LogP contribution in [-0.2, 0) is 0 Å². The molecule has 2 heterocycles. The van der Waals surface area contributed by atoms with Gasteiger partial charge in [-0.1, -0.05) is 36.9 Å². The predicted octanol–water partition coefficient (Wildman–Crippen LogP) is 5.44. The van der Waals surface area contributed by atoms with E-state index in [9.17, 15) is 4.79 Å². The van der Waals surface area contributed by atoms with Gasteiger partial charge in [0.25, 0.3) is 0 Å². The van der Waals surface area contributed by atoms with E-state index in [4.69, 9.17) is 4.74 Å². The number of ether oxygens (including phenoxy) is 1. The number of nitrogens with one attached hydrogen (secondary N) is 1. The molecule has 7 nitrogen and oxygen atoms in total. The summed E-state index contributed by atoms with van der Waals surface area (Å²) in [4.78, 5) is 19.0. The van der Waals surface area contributed by atoms with Gasteiger partial charge in [-0.3, -0.25) is 14.3 Å². The van der Waals surface area contributed by atoms with Crippen LogP contribution in [0.4, 0.5) is 0 Å². The second-order valence-electron chi connectivity index (χ2n) is 8.56. The number of aryl methyl sites for hydroxylation is 1. The molecule has 34 heavy (non-hydrogen) atoms. The summed E-state index contributed by atoms with van der Waals surface area (Å²) in [6, 6.07) is 15.8. The van der Waals surface area contributed by atoms with Gasteiger partial charge in [0.15, 0.2) is 16.8 Å². The maximum absolute atomic E-state index is 13.6. The molecule has 0 fully saturated rings. The van der Waals surface area contributed by atoms with Crippen molar-refractivity contribution in [1.29, 1.82) is 0 Å². The first kappa shape index (κ1) is 24.0. The van der Waals surface area contributed by atoms with E-state index in [2.05, 4.69) is 31.6 Å². The highest BCUT2D eigenvalue weighted by atomic mass is 32.2. The summed E-state index contributed by atoms with van der Waals surface area (Å²) in [6.07, 6.45) is 0.884. The number of aromatic nitrogens is 4. The minimum absolute atomic E-state index is 0.0745. The predicted molar refractivity (Wildman–Crippen MR) is 137 cm³/mol. The van der Waals surface area contributed by atoms with Crippen LogP contribution in [0, 0.1) is 6.92 Å². The summed E-state index contributed by atoms with van der Waals surface area (Å²) in [7, 11) is 5.74. The molecule has 2 atom stereocenters. The highest BCUT2D eigenvalue weighted by Crippen LogP contribution is 2.33. The molecule has 4 aromatic rings. The third-order valence-corrected chi connectivity index (χ3v) is 7.13. The second-order valence-corrected chi connectivity index (χ2v) is 9.86. The number of nitrogens with zero attached hydrogens (tertiary/aromatic N) is 4. The highest BCUT2D eigenvalue weighted by molar-refractivity contribution is 8.00. The number of hydrogen-bond donors (Lipinski definition) is 1. The molecule has 8 heteroatoms. The van der Waals surface area contributed by atoms with E-state index < -0.39 is 0 Å². The fourth-order valence-electron chi connectivity index (χ4n) is 4.34. The molecule has 0 amide bonds. The molecule has 0 aliphatic rings. The number of carbonyl (C=O) groups excluding carboxylic acids is 1. The maximum Gasteiger partial charge on any atom is 0.196 e. The Morgan fingerprint density at radius 1 is 1.15 bits per heavy atom. The number of carbonyl (C=O) groups is 1. The average molecular weight is 478 g/mol. The fraction of sp³-hybridized carbons (Fsp3) is 0.346. The number of methoxy groups -OCH3 is 1. The van der Waals surface area contributed by atoms with Gasteiger partial charge in [0, 0.05) is 27.8 Å². The van der Waals surface area contributed by atoms with Gasteiger partial charge >= 0.3 is 0 Å². The number of para-hydroxylation sites is 1. The van der Waals surface area contributed by atoms with Crippen LogP contribution < -0.4 is 4.74 Å². The van der Waals surface area contributed by atoms with E-state index in [0.29, 0.717) is 5.16 Å².